The Morgan fingerprint density at radius 3 is 2.23 bits per heavy atom. The van der Waals surface area contributed by atoms with Gasteiger partial charge in [0.1, 0.15) is 16.9 Å². The number of carbonyl (C=O) groups excluding carboxylic acids is 2. The number of carbonyl (C=O) groups is 2. The summed E-state index contributed by atoms with van der Waals surface area (Å²) in [4.78, 5) is 28.1. The summed E-state index contributed by atoms with van der Waals surface area (Å²) in [5.41, 5.74) is -0.946. The fourth-order valence-corrected chi connectivity index (χ4v) is 1.61. The number of aromatic nitrogens is 1. The average Bonchev–Trinajstić information content (AvgIpc) is 2.62. The van der Waals surface area contributed by atoms with Gasteiger partial charge in [0.25, 0.3) is 0 Å². The molecule has 1 rings (SSSR count). The minimum Gasteiger partial charge on any atom is -0.444 e. The second kappa shape index (κ2) is 6.37. The second-order valence-electron chi connectivity index (χ2n) is 6.68. The lowest BCUT2D eigenvalue weighted by Gasteiger charge is -2.27. The monoisotopic (exact) mass is 311 g/mol. The van der Waals surface area contributed by atoms with Crippen LogP contribution in [0.3, 0.4) is 0 Å². The van der Waals surface area contributed by atoms with Crippen LogP contribution in [0.15, 0.2) is 4.42 Å². The number of hydrogen-bond donors (Lipinski definition) is 2. The van der Waals surface area contributed by atoms with Crippen molar-refractivity contribution in [2.45, 2.75) is 66.2 Å². The van der Waals surface area contributed by atoms with Gasteiger partial charge in [-0.15, -0.1) is 0 Å². The predicted octanol–water partition coefficient (Wildman–Crippen LogP) is 2.21. The molecule has 0 aliphatic rings. The Kier molecular flexibility index (Phi) is 5.22. The lowest BCUT2D eigenvalue weighted by molar-refractivity contribution is -0.126. The number of alkyl carbamates (subject to hydrolysis) is 1. The van der Waals surface area contributed by atoms with E-state index in [4.69, 9.17) is 9.15 Å². The quantitative estimate of drug-likeness (QED) is 0.889. The van der Waals surface area contributed by atoms with Gasteiger partial charge in [0.05, 0.1) is 12.2 Å². The largest absolute Gasteiger partial charge is 0.444 e. The Morgan fingerprint density at radius 2 is 1.77 bits per heavy atom. The Bertz CT molecular complexity index is 536. The lowest BCUT2D eigenvalue weighted by Crippen LogP contribution is -2.55. The van der Waals surface area contributed by atoms with Crippen LogP contribution in [-0.4, -0.2) is 28.1 Å². The van der Waals surface area contributed by atoms with Gasteiger partial charge in [-0.1, -0.05) is 0 Å². The van der Waals surface area contributed by atoms with E-state index in [1.54, 1.807) is 34.6 Å². The van der Waals surface area contributed by atoms with Crippen molar-refractivity contribution in [1.82, 2.24) is 15.6 Å². The molecule has 0 spiro atoms. The summed E-state index contributed by atoms with van der Waals surface area (Å²) in [6.45, 7) is 12.3. The number of aryl methyl sites for hydroxylation is 2. The van der Waals surface area contributed by atoms with Crippen LogP contribution in [0.2, 0.25) is 0 Å². The normalized spacial score (nSPS) is 12.0. The molecule has 0 aliphatic heterocycles. The molecular formula is C15H25N3O4. The van der Waals surface area contributed by atoms with Gasteiger partial charge in [-0.25, -0.2) is 9.78 Å². The van der Waals surface area contributed by atoms with Crippen LogP contribution in [0.4, 0.5) is 4.79 Å². The third-order valence-electron chi connectivity index (χ3n) is 2.85. The van der Waals surface area contributed by atoms with E-state index in [0.717, 1.165) is 11.5 Å². The third kappa shape index (κ3) is 5.38. The number of rotatable bonds is 4. The molecule has 7 heteroatoms. The number of amides is 2. The first-order chi connectivity index (χ1) is 9.90. The summed E-state index contributed by atoms with van der Waals surface area (Å²) in [6, 6.07) is 0. The summed E-state index contributed by atoms with van der Waals surface area (Å²) < 4.78 is 10.5. The standard InChI is InChI=1S/C15H25N3O4/c1-9-10(2)21-11(17-9)8-16-12(19)15(6,7)18-13(20)22-14(3,4)5/h8H2,1-7H3,(H,16,19)(H,18,20). The molecule has 2 N–H and O–H groups in total. The summed E-state index contributed by atoms with van der Waals surface area (Å²) in [7, 11) is 0. The van der Waals surface area contributed by atoms with Crippen LogP contribution < -0.4 is 10.6 Å². The zero-order valence-electron chi connectivity index (χ0n) is 14.3. The summed E-state index contributed by atoms with van der Waals surface area (Å²) in [6.07, 6.45) is -0.643. The van der Waals surface area contributed by atoms with Gasteiger partial charge in [-0.2, -0.15) is 0 Å². The maximum Gasteiger partial charge on any atom is 0.408 e. The Balaban J connectivity index is 2.57. The number of oxazole rings is 1. The maximum absolute atomic E-state index is 12.2. The summed E-state index contributed by atoms with van der Waals surface area (Å²) >= 11 is 0. The third-order valence-corrected chi connectivity index (χ3v) is 2.85. The number of hydrogen-bond acceptors (Lipinski definition) is 5. The van der Waals surface area contributed by atoms with Gasteiger partial charge in [0.2, 0.25) is 11.8 Å². The minimum atomic E-state index is -1.11. The molecule has 22 heavy (non-hydrogen) atoms. The molecule has 0 aliphatic carbocycles. The van der Waals surface area contributed by atoms with Crippen molar-refractivity contribution in [3.8, 4) is 0 Å². The van der Waals surface area contributed by atoms with Gasteiger partial charge in [-0.3, -0.25) is 4.79 Å². The number of nitrogens with zero attached hydrogens (tertiary/aromatic N) is 1. The van der Waals surface area contributed by atoms with Crippen molar-refractivity contribution in [1.29, 1.82) is 0 Å². The van der Waals surface area contributed by atoms with E-state index in [1.165, 1.54) is 0 Å². The van der Waals surface area contributed by atoms with E-state index < -0.39 is 17.2 Å². The maximum atomic E-state index is 12.2. The minimum absolute atomic E-state index is 0.160. The Labute approximate surface area is 130 Å². The fourth-order valence-electron chi connectivity index (χ4n) is 1.61. The smallest absolute Gasteiger partial charge is 0.408 e. The van der Waals surface area contributed by atoms with Gasteiger partial charge < -0.3 is 19.8 Å². The van der Waals surface area contributed by atoms with Crippen LogP contribution >= 0.6 is 0 Å². The van der Waals surface area contributed by atoms with Crippen molar-refractivity contribution in [2.24, 2.45) is 0 Å². The molecule has 1 aromatic rings. The van der Waals surface area contributed by atoms with Gasteiger partial charge >= 0.3 is 6.09 Å². The first kappa shape index (κ1) is 18.0. The highest BCUT2D eigenvalue weighted by Gasteiger charge is 2.31. The average molecular weight is 311 g/mol. The molecule has 1 aromatic heterocycles. The van der Waals surface area contributed by atoms with E-state index in [-0.39, 0.29) is 12.5 Å². The molecule has 0 fully saturated rings. The highest BCUT2D eigenvalue weighted by atomic mass is 16.6. The van der Waals surface area contributed by atoms with Crippen molar-refractivity contribution >= 4 is 12.0 Å². The van der Waals surface area contributed by atoms with Crippen molar-refractivity contribution in [3.05, 3.63) is 17.3 Å². The van der Waals surface area contributed by atoms with Crippen LogP contribution in [0.25, 0.3) is 0 Å². The van der Waals surface area contributed by atoms with Crippen LogP contribution in [-0.2, 0) is 16.1 Å². The van der Waals surface area contributed by atoms with Crippen LogP contribution in [0.1, 0.15) is 52.0 Å². The van der Waals surface area contributed by atoms with E-state index >= 15 is 0 Å². The Morgan fingerprint density at radius 1 is 1.18 bits per heavy atom. The van der Waals surface area contributed by atoms with Gasteiger partial charge in [0.15, 0.2) is 0 Å². The molecule has 0 bridgehead atoms. The highest BCUT2D eigenvalue weighted by Crippen LogP contribution is 2.11. The van der Waals surface area contributed by atoms with Crippen molar-refractivity contribution < 1.29 is 18.7 Å². The first-order valence-corrected chi connectivity index (χ1v) is 7.13. The Hall–Kier alpha value is -2.05. The topological polar surface area (TPSA) is 93.5 Å². The zero-order valence-corrected chi connectivity index (χ0v) is 14.3. The van der Waals surface area contributed by atoms with Gasteiger partial charge in [-0.05, 0) is 48.5 Å². The van der Waals surface area contributed by atoms with E-state index in [1.807, 2.05) is 13.8 Å². The molecular weight excluding hydrogens is 286 g/mol. The highest BCUT2D eigenvalue weighted by molar-refractivity contribution is 5.89. The number of nitrogens with one attached hydrogen (secondary N) is 2. The van der Waals surface area contributed by atoms with E-state index in [9.17, 15) is 9.59 Å². The van der Waals surface area contributed by atoms with Crippen molar-refractivity contribution in [2.75, 3.05) is 0 Å². The summed E-state index contributed by atoms with van der Waals surface area (Å²) in [5, 5.41) is 5.22. The van der Waals surface area contributed by atoms with E-state index in [2.05, 4.69) is 15.6 Å². The van der Waals surface area contributed by atoms with Crippen LogP contribution in [0, 0.1) is 13.8 Å². The van der Waals surface area contributed by atoms with Crippen LogP contribution in [0.5, 0.6) is 0 Å². The van der Waals surface area contributed by atoms with Crippen molar-refractivity contribution in [3.63, 3.8) is 0 Å². The van der Waals surface area contributed by atoms with E-state index in [0.29, 0.717) is 5.89 Å². The second-order valence-corrected chi connectivity index (χ2v) is 6.68. The molecule has 0 radical (unpaired) electrons. The van der Waals surface area contributed by atoms with Gasteiger partial charge in [0, 0.05) is 0 Å². The molecule has 0 unspecified atom stereocenters. The zero-order chi connectivity index (χ0) is 17.1. The molecule has 0 saturated heterocycles. The molecule has 1 heterocycles. The molecule has 0 atom stereocenters. The summed E-state index contributed by atoms with van der Waals surface area (Å²) in [5.74, 6) is 0.790. The first-order valence-electron chi connectivity index (χ1n) is 7.13. The molecule has 0 aromatic carbocycles. The lowest BCUT2D eigenvalue weighted by atomic mass is 10.1. The molecule has 7 nitrogen and oxygen atoms in total. The molecule has 2 amide bonds. The SMILES string of the molecule is Cc1nc(CNC(=O)C(C)(C)NC(=O)OC(C)(C)C)oc1C. The predicted molar refractivity (Wildman–Crippen MR) is 81.3 cm³/mol. The number of ether oxygens (including phenoxy) is 1. The molecule has 0 saturated carbocycles. The fraction of sp³-hybridized carbons (Fsp3) is 0.667. The molecule has 124 valence electrons.